The monoisotopic (exact) mass is 182 g/mol. The highest BCUT2D eigenvalue weighted by molar-refractivity contribution is 4.81. The first kappa shape index (κ1) is 12.4. The average molecular weight is 182 g/mol. The van der Waals surface area contributed by atoms with Crippen molar-refractivity contribution >= 4 is 0 Å². The quantitative estimate of drug-likeness (QED) is 0.605. The molecule has 13 heavy (non-hydrogen) atoms. The van der Waals surface area contributed by atoms with Gasteiger partial charge in [-0.1, -0.05) is 20.8 Å². The highest BCUT2D eigenvalue weighted by Crippen LogP contribution is 2.09. The summed E-state index contributed by atoms with van der Waals surface area (Å²) in [7, 11) is 0. The molecule has 0 aliphatic heterocycles. The van der Waals surface area contributed by atoms with Gasteiger partial charge in [0.25, 0.3) is 0 Å². The Labute approximate surface area is 82.5 Å². The lowest BCUT2D eigenvalue weighted by Crippen LogP contribution is -2.35. The van der Waals surface area contributed by atoms with E-state index >= 15 is 0 Å². The van der Waals surface area contributed by atoms with Gasteiger partial charge in [0.2, 0.25) is 0 Å². The molecule has 1 unspecified atom stereocenters. The Morgan fingerprint density at radius 2 is 1.69 bits per heavy atom. The van der Waals surface area contributed by atoms with Crippen molar-refractivity contribution in [3.05, 3.63) is 0 Å². The Morgan fingerprint density at radius 1 is 1.15 bits per heavy atom. The molecule has 0 aromatic rings. The SMILES string of the molecule is CCCN(CCC)C(CC)CC#N. The first-order valence-corrected chi connectivity index (χ1v) is 5.41. The largest absolute Gasteiger partial charge is 0.299 e. The maximum Gasteiger partial charge on any atom is 0.0638 e. The maximum atomic E-state index is 8.68. The van der Waals surface area contributed by atoms with Crippen molar-refractivity contribution in [2.24, 2.45) is 0 Å². The summed E-state index contributed by atoms with van der Waals surface area (Å²) in [6.07, 6.45) is 4.13. The molecule has 0 aromatic carbocycles. The summed E-state index contributed by atoms with van der Waals surface area (Å²) in [5, 5.41) is 8.68. The average Bonchev–Trinajstić information content (AvgIpc) is 2.14. The summed E-state index contributed by atoms with van der Waals surface area (Å²) >= 11 is 0. The third-order valence-electron chi connectivity index (χ3n) is 2.34. The molecule has 0 N–H and O–H groups in total. The second-order valence-corrected chi connectivity index (χ2v) is 3.46. The maximum absolute atomic E-state index is 8.68. The Kier molecular flexibility index (Phi) is 7.73. The van der Waals surface area contributed by atoms with Crippen LogP contribution in [0.2, 0.25) is 0 Å². The fourth-order valence-corrected chi connectivity index (χ4v) is 1.69. The summed E-state index contributed by atoms with van der Waals surface area (Å²) in [6.45, 7) is 8.83. The molecule has 0 bridgehead atoms. The van der Waals surface area contributed by atoms with Crippen LogP contribution in [0.4, 0.5) is 0 Å². The lowest BCUT2D eigenvalue weighted by Gasteiger charge is -2.28. The van der Waals surface area contributed by atoms with Crippen LogP contribution in [0.1, 0.15) is 46.5 Å². The van der Waals surface area contributed by atoms with Crippen molar-refractivity contribution < 1.29 is 0 Å². The minimum absolute atomic E-state index is 0.477. The first-order valence-electron chi connectivity index (χ1n) is 5.41. The smallest absolute Gasteiger partial charge is 0.0638 e. The molecule has 0 rings (SSSR count). The van der Waals surface area contributed by atoms with E-state index in [-0.39, 0.29) is 0 Å². The lowest BCUT2D eigenvalue weighted by molar-refractivity contribution is 0.193. The molecule has 0 fully saturated rings. The van der Waals surface area contributed by atoms with Crippen LogP contribution in [0, 0.1) is 11.3 Å². The van der Waals surface area contributed by atoms with Gasteiger partial charge in [0.05, 0.1) is 12.5 Å². The molecule has 2 heteroatoms. The first-order chi connectivity index (χ1) is 6.29. The molecule has 1 atom stereocenters. The third kappa shape index (κ3) is 4.90. The van der Waals surface area contributed by atoms with Gasteiger partial charge in [0, 0.05) is 6.04 Å². The van der Waals surface area contributed by atoms with Gasteiger partial charge in [-0.2, -0.15) is 5.26 Å². The molecule has 0 aliphatic rings. The predicted octanol–water partition coefficient (Wildman–Crippen LogP) is 2.80. The van der Waals surface area contributed by atoms with Crippen LogP contribution in [0.5, 0.6) is 0 Å². The van der Waals surface area contributed by atoms with Crippen LogP contribution in [0.3, 0.4) is 0 Å². The number of hydrogen-bond acceptors (Lipinski definition) is 2. The minimum atomic E-state index is 0.477. The van der Waals surface area contributed by atoms with E-state index in [0.717, 1.165) is 19.5 Å². The van der Waals surface area contributed by atoms with E-state index in [1.807, 2.05) is 0 Å². The van der Waals surface area contributed by atoms with E-state index in [1.54, 1.807) is 0 Å². The van der Waals surface area contributed by atoms with E-state index in [9.17, 15) is 0 Å². The second-order valence-electron chi connectivity index (χ2n) is 3.46. The third-order valence-corrected chi connectivity index (χ3v) is 2.34. The fourth-order valence-electron chi connectivity index (χ4n) is 1.69. The predicted molar refractivity (Wildman–Crippen MR) is 56.5 cm³/mol. The molecular weight excluding hydrogens is 160 g/mol. The Balaban J connectivity index is 4.04. The van der Waals surface area contributed by atoms with Crippen LogP contribution in [-0.4, -0.2) is 24.0 Å². The van der Waals surface area contributed by atoms with Crippen molar-refractivity contribution in [2.75, 3.05) is 13.1 Å². The molecule has 2 nitrogen and oxygen atoms in total. The molecule has 0 amide bonds. The fraction of sp³-hybridized carbons (Fsp3) is 0.909. The molecule has 76 valence electrons. The van der Waals surface area contributed by atoms with Crippen molar-refractivity contribution in [3.63, 3.8) is 0 Å². The van der Waals surface area contributed by atoms with Crippen LogP contribution < -0.4 is 0 Å². The van der Waals surface area contributed by atoms with E-state index in [0.29, 0.717) is 12.5 Å². The summed E-state index contributed by atoms with van der Waals surface area (Å²) in [4.78, 5) is 2.45. The molecular formula is C11H22N2. The van der Waals surface area contributed by atoms with E-state index in [1.165, 1.54) is 12.8 Å². The van der Waals surface area contributed by atoms with E-state index in [2.05, 4.69) is 31.7 Å². The zero-order valence-electron chi connectivity index (χ0n) is 9.21. The topological polar surface area (TPSA) is 27.0 Å². The summed E-state index contributed by atoms with van der Waals surface area (Å²) in [6, 6.07) is 2.75. The highest BCUT2D eigenvalue weighted by Gasteiger charge is 2.14. The van der Waals surface area contributed by atoms with Gasteiger partial charge >= 0.3 is 0 Å². The van der Waals surface area contributed by atoms with Gasteiger partial charge in [-0.3, -0.25) is 4.90 Å². The molecule has 0 aliphatic carbocycles. The Morgan fingerprint density at radius 3 is 2.00 bits per heavy atom. The number of nitrogens with zero attached hydrogens (tertiary/aromatic N) is 2. The van der Waals surface area contributed by atoms with Crippen LogP contribution in [0.15, 0.2) is 0 Å². The van der Waals surface area contributed by atoms with Crippen LogP contribution >= 0.6 is 0 Å². The lowest BCUT2D eigenvalue weighted by atomic mass is 10.1. The van der Waals surface area contributed by atoms with Gasteiger partial charge in [-0.15, -0.1) is 0 Å². The Hall–Kier alpha value is -0.550. The molecule has 0 saturated heterocycles. The van der Waals surface area contributed by atoms with Gasteiger partial charge in [0.15, 0.2) is 0 Å². The van der Waals surface area contributed by atoms with Gasteiger partial charge in [0.1, 0.15) is 0 Å². The number of nitriles is 1. The summed E-state index contributed by atoms with van der Waals surface area (Å²) < 4.78 is 0. The second kappa shape index (κ2) is 8.07. The Bertz CT molecular complexity index is 143. The molecule has 0 radical (unpaired) electrons. The van der Waals surface area contributed by atoms with Crippen molar-refractivity contribution in [1.29, 1.82) is 5.26 Å². The van der Waals surface area contributed by atoms with Crippen LogP contribution in [0.25, 0.3) is 0 Å². The molecule has 0 heterocycles. The summed E-state index contributed by atoms with van der Waals surface area (Å²) in [5.41, 5.74) is 0. The van der Waals surface area contributed by atoms with Gasteiger partial charge in [-0.05, 0) is 32.4 Å². The van der Waals surface area contributed by atoms with Crippen molar-refractivity contribution in [1.82, 2.24) is 4.90 Å². The van der Waals surface area contributed by atoms with Gasteiger partial charge < -0.3 is 0 Å². The van der Waals surface area contributed by atoms with E-state index in [4.69, 9.17) is 5.26 Å². The summed E-state index contributed by atoms with van der Waals surface area (Å²) in [5.74, 6) is 0. The molecule has 0 spiro atoms. The van der Waals surface area contributed by atoms with Crippen molar-refractivity contribution in [2.45, 2.75) is 52.5 Å². The van der Waals surface area contributed by atoms with Crippen LogP contribution in [-0.2, 0) is 0 Å². The highest BCUT2D eigenvalue weighted by atomic mass is 15.1. The number of rotatable bonds is 7. The standard InChI is InChI=1S/C11H22N2/c1-4-9-13(10-5-2)11(6-3)7-8-12/h11H,4-7,9-10H2,1-3H3. The molecule has 0 saturated carbocycles. The van der Waals surface area contributed by atoms with Crippen molar-refractivity contribution in [3.8, 4) is 6.07 Å². The van der Waals surface area contributed by atoms with Gasteiger partial charge in [-0.25, -0.2) is 0 Å². The normalized spacial score (nSPS) is 12.8. The van der Waals surface area contributed by atoms with E-state index < -0.39 is 0 Å². The zero-order valence-corrected chi connectivity index (χ0v) is 9.21. The minimum Gasteiger partial charge on any atom is -0.299 e. The zero-order chi connectivity index (χ0) is 10.1. The molecule has 0 aromatic heterocycles. The number of hydrogen-bond donors (Lipinski definition) is 0.